The van der Waals surface area contributed by atoms with Crippen LogP contribution in [0.4, 0.5) is 0 Å². The SMILES string of the molecule is CCCCC(=O)NCc1cncc(-c2ccnn2C)c1. The molecule has 5 nitrogen and oxygen atoms in total. The van der Waals surface area contributed by atoms with Crippen molar-refractivity contribution in [2.24, 2.45) is 7.05 Å². The van der Waals surface area contributed by atoms with Gasteiger partial charge in [-0.2, -0.15) is 5.10 Å². The lowest BCUT2D eigenvalue weighted by molar-refractivity contribution is -0.121. The number of hydrogen-bond donors (Lipinski definition) is 1. The number of pyridine rings is 1. The van der Waals surface area contributed by atoms with Crippen LogP contribution in [0.5, 0.6) is 0 Å². The lowest BCUT2D eigenvalue weighted by Gasteiger charge is -2.07. The summed E-state index contributed by atoms with van der Waals surface area (Å²) >= 11 is 0. The third-order valence-electron chi connectivity index (χ3n) is 3.16. The summed E-state index contributed by atoms with van der Waals surface area (Å²) in [4.78, 5) is 15.8. The number of hydrogen-bond acceptors (Lipinski definition) is 3. The standard InChI is InChI=1S/C15H20N4O/c1-3-4-5-15(20)17-10-12-8-13(11-16-9-12)14-6-7-18-19(14)2/h6-9,11H,3-5,10H2,1-2H3,(H,17,20). The summed E-state index contributed by atoms with van der Waals surface area (Å²) < 4.78 is 1.81. The minimum Gasteiger partial charge on any atom is -0.352 e. The van der Waals surface area contributed by atoms with Crippen LogP contribution in [0.25, 0.3) is 11.3 Å². The Morgan fingerprint density at radius 3 is 2.95 bits per heavy atom. The van der Waals surface area contributed by atoms with Gasteiger partial charge in [-0.3, -0.25) is 14.5 Å². The Morgan fingerprint density at radius 2 is 2.25 bits per heavy atom. The first-order valence-electron chi connectivity index (χ1n) is 6.89. The molecule has 0 aliphatic heterocycles. The molecule has 2 heterocycles. The molecule has 0 aromatic carbocycles. The molecule has 5 heteroatoms. The minimum absolute atomic E-state index is 0.0952. The number of carbonyl (C=O) groups excluding carboxylic acids is 1. The predicted octanol–water partition coefficient (Wildman–Crippen LogP) is 2.29. The van der Waals surface area contributed by atoms with Crippen LogP contribution in [-0.2, 0) is 18.4 Å². The van der Waals surface area contributed by atoms with E-state index in [-0.39, 0.29) is 5.91 Å². The first-order valence-corrected chi connectivity index (χ1v) is 6.89. The number of aromatic nitrogens is 3. The largest absolute Gasteiger partial charge is 0.352 e. The maximum atomic E-state index is 11.6. The van der Waals surface area contributed by atoms with Crippen LogP contribution in [-0.4, -0.2) is 20.7 Å². The van der Waals surface area contributed by atoms with Gasteiger partial charge < -0.3 is 5.32 Å². The predicted molar refractivity (Wildman–Crippen MR) is 77.8 cm³/mol. The highest BCUT2D eigenvalue weighted by molar-refractivity contribution is 5.75. The van der Waals surface area contributed by atoms with Crippen molar-refractivity contribution in [3.8, 4) is 11.3 Å². The fourth-order valence-corrected chi connectivity index (χ4v) is 2.01. The summed E-state index contributed by atoms with van der Waals surface area (Å²) in [5.41, 5.74) is 3.01. The fourth-order valence-electron chi connectivity index (χ4n) is 2.01. The van der Waals surface area contributed by atoms with Crippen LogP contribution in [0.15, 0.2) is 30.7 Å². The van der Waals surface area contributed by atoms with Crippen LogP contribution in [0.1, 0.15) is 31.7 Å². The van der Waals surface area contributed by atoms with Crippen LogP contribution < -0.4 is 5.32 Å². The Kier molecular flexibility index (Phi) is 4.87. The second-order valence-corrected chi connectivity index (χ2v) is 4.80. The molecule has 0 atom stereocenters. The van der Waals surface area contributed by atoms with Crippen molar-refractivity contribution < 1.29 is 4.79 Å². The molecule has 0 saturated heterocycles. The maximum absolute atomic E-state index is 11.6. The van der Waals surface area contributed by atoms with Crippen molar-refractivity contribution in [3.63, 3.8) is 0 Å². The first kappa shape index (κ1) is 14.2. The Balaban J connectivity index is 2.00. The van der Waals surface area contributed by atoms with Gasteiger partial charge in [-0.05, 0) is 24.1 Å². The van der Waals surface area contributed by atoms with E-state index in [1.165, 1.54) is 0 Å². The summed E-state index contributed by atoms with van der Waals surface area (Å²) in [6, 6.07) is 3.98. The molecule has 2 aromatic rings. The van der Waals surface area contributed by atoms with Gasteiger partial charge in [-0.25, -0.2) is 0 Å². The van der Waals surface area contributed by atoms with Gasteiger partial charge in [0.25, 0.3) is 0 Å². The zero-order chi connectivity index (χ0) is 14.4. The zero-order valence-electron chi connectivity index (χ0n) is 12.0. The van der Waals surface area contributed by atoms with Gasteiger partial charge in [-0.15, -0.1) is 0 Å². The monoisotopic (exact) mass is 272 g/mol. The number of unbranched alkanes of at least 4 members (excludes halogenated alkanes) is 1. The summed E-state index contributed by atoms with van der Waals surface area (Å²) in [6.45, 7) is 2.59. The molecule has 0 bridgehead atoms. The van der Waals surface area contributed by atoms with Crippen LogP contribution in [0.3, 0.4) is 0 Å². The molecule has 0 fully saturated rings. The van der Waals surface area contributed by atoms with Crippen molar-refractivity contribution in [2.75, 3.05) is 0 Å². The summed E-state index contributed by atoms with van der Waals surface area (Å²) in [5.74, 6) is 0.0952. The van der Waals surface area contributed by atoms with Gasteiger partial charge in [0.1, 0.15) is 0 Å². The molecule has 106 valence electrons. The summed E-state index contributed by atoms with van der Waals surface area (Å²) in [7, 11) is 1.90. The Labute approximate surface area is 119 Å². The highest BCUT2D eigenvalue weighted by atomic mass is 16.1. The van der Waals surface area contributed by atoms with E-state index < -0.39 is 0 Å². The lowest BCUT2D eigenvalue weighted by atomic mass is 10.1. The van der Waals surface area contributed by atoms with E-state index in [4.69, 9.17) is 0 Å². The number of aryl methyl sites for hydroxylation is 1. The van der Waals surface area contributed by atoms with E-state index in [1.807, 2.05) is 19.2 Å². The topological polar surface area (TPSA) is 59.8 Å². The molecule has 2 rings (SSSR count). The van der Waals surface area contributed by atoms with Crippen molar-refractivity contribution in [2.45, 2.75) is 32.7 Å². The van der Waals surface area contributed by atoms with Gasteiger partial charge >= 0.3 is 0 Å². The number of carbonyl (C=O) groups is 1. The van der Waals surface area contributed by atoms with E-state index in [0.717, 1.165) is 29.7 Å². The molecule has 0 unspecified atom stereocenters. The number of amides is 1. The molecule has 0 saturated carbocycles. The molecule has 2 aromatic heterocycles. The molecular formula is C15H20N4O. The zero-order valence-corrected chi connectivity index (χ0v) is 12.0. The van der Waals surface area contributed by atoms with E-state index in [1.54, 1.807) is 23.3 Å². The van der Waals surface area contributed by atoms with Crippen molar-refractivity contribution in [3.05, 3.63) is 36.3 Å². The third-order valence-corrected chi connectivity index (χ3v) is 3.16. The van der Waals surface area contributed by atoms with Crippen molar-refractivity contribution in [1.82, 2.24) is 20.1 Å². The van der Waals surface area contributed by atoms with Crippen LogP contribution in [0, 0.1) is 0 Å². The quantitative estimate of drug-likeness (QED) is 0.877. The highest BCUT2D eigenvalue weighted by Gasteiger charge is 2.05. The van der Waals surface area contributed by atoms with E-state index in [0.29, 0.717) is 13.0 Å². The molecule has 0 aliphatic carbocycles. The van der Waals surface area contributed by atoms with Crippen molar-refractivity contribution in [1.29, 1.82) is 0 Å². The van der Waals surface area contributed by atoms with E-state index in [2.05, 4.69) is 22.3 Å². The maximum Gasteiger partial charge on any atom is 0.220 e. The van der Waals surface area contributed by atoms with Gasteiger partial charge in [0.15, 0.2) is 0 Å². The van der Waals surface area contributed by atoms with Crippen LogP contribution >= 0.6 is 0 Å². The second kappa shape index (κ2) is 6.84. The normalized spacial score (nSPS) is 10.5. The smallest absolute Gasteiger partial charge is 0.220 e. The Morgan fingerprint density at radius 1 is 1.40 bits per heavy atom. The number of rotatable bonds is 6. The second-order valence-electron chi connectivity index (χ2n) is 4.80. The van der Waals surface area contributed by atoms with Crippen molar-refractivity contribution >= 4 is 5.91 Å². The highest BCUT2D eigenvalue weighted by Crippen LogP contribution is 2.17. The van der Waals surface area contributed by atoms with E-state index in [9.17, 15) is 4.79 Å². The van der Waals surface area contributed by atoms with Gasteiger partial charge in [0.2, 0.25) is 5.91 Å². The summed E-state index contributed by atoms with van der Waals surface area (Å²) in [5, 5.41) is 7.07. The number of nitrogens with one attached hydrogen (secondary N) is 1. The molecule has 0 spiro atoms. The molecule has 1 amide bonds. The lowest BCUT2D eigenvalue weighted by Crippen LogP contribution is -2.22. The molecule has 1 N–H and O–H groups in total. The van der Waals surface area contributed by atoms with Gasteiger partial charge in [0, 0.05) is 44.2 Å². The molecule has 20 heavy (non-hydrogen) atoms. The average Bonchev–Trinajstić information content (AvgIpc) is 2.89. The Hall–Kier alpha value is -2.17. The van der Waals surface area contributed by atoms with Crippen LogP contribution in [0.2, 0.25) is 0 Å². The van der Waals surface area contributed by atoms with E-state index >= 15 is 0 Å². The minimum atomic E-state index is 0.0952. The average molecular weight is 272 g/mol. The number of nitrogens with zero attached hydrogens (tertiary/aromatic N) is 3. The summed E-state index contributed by atoms with van der Waals surface area (Å²) in [6.07, 6.45) is 7.89. The van der Waals surface area contributed by atoms with Gasteiger partial charge in [0.05, 0.1) is 5.69 Å². The fraction of sp³-hybridized carbons (Fsp3) is 0.400. The Bertz CT molecular complexity index is 577. The molecule has 0 aliphatic rings. The first-order chi connectivity index (χ1) is 9.70. The van der Waals surface area contributed by atoms with Gasteiger partial charge in [-0.1, -0.05) is 13.3 Å². The molecule has 0 radical (unpaired) electrons. The third kappa shape index (κ3) is 3.66. The molecular weight excluding hydrogens is 252 g/mol.